The Labute approximate surface area is 170 Å². The summed E-state index contributed by atoms with van der Waals surface area (Å²) in [6.45, 7) is 1.74. The van der Waals surface area contributed by atoms with Gasteiger partial charge < -0.3 is 14.6 Å². The summed E-state index contributed by atoms with van der Waals surface area (Å²) in [5.74, 6) is 3.01. The van der Waals surface area contributed by atoms with Gasteiger partial charge in [0.1, 0.15) is 5.82 Å². The SMILES string of the molecule is CN=C(NCCc1nc(-c2ccco2)n[nH]1)N1CC2(CCCC2)c2ccccc21. The van der Waals surface area contributed by atoms with Crippen LogP contribution < -0.4 is 10.2 Å². The van der Waals surface area contributed by atoms with Gasteiger partial charge in [-0.25, -0.2) is 4.98 Å². The largest absolute Gasteiger partial charge is 0.461 e. The molecule has 1 fully saturated rings. The van der Waals surface area contributed by atoms with Gasteiger partial charge in [-0.1, -0.05) is 31.0 Å². The van der Waals surface area contributed by atoms with Gasteiger partial charge in [-0.2, -0.15) is 5.10 Å². The number of fused-ring (bicyclic) bond motifs is 2. The molecule has 7 nitrogen and oxygen atoms in total. The Morgan fingerprint density at radius 3 is 2.90 bits per heavy atom. The minimum Gasteiger partial charge on any atom is -0.461 e. The molecule has 1 spiro atoms. The Bertz CT molecular complexity index is 1000. The molecule has 2 N–H and O–H groups in total. The molecule has 3 heterocycles. The van der Waals surface area contributed by atoms with E-state index >= 15 is 0 Å². The Kier molecular flexibility index (Phi) is 4.58. The number of rotatable bonds is 4. The third-order valence-electron chi connectivity index (χ3n) is 6.17. The fraction of sp³-hybridized carbons (Fsp3) is 0.409. The van der Waals surface area contributed by atoms with Crippen LogP contribution in [0.1, 0.15) is 37.1 Å². The predicted octanol–water partition coefficient (Wildman–Crippen LogP) is 3.51. The van der Waals surface area contributed by atoms with Crippen LogP contribution in [0.4, 0.5) is 5.69 Å². The van der Waals surface area contributed by atoms with Crippen molar-refractivity contribution in [3.8, 4) is 11.6 Å². The highest BCUT2D eigenvalue weighted by Gasteiger charge is 2.45. The molecule has 1 aromatic carbocycles. The number of hydrogen-bond acceptors (Lipinski definition) is 4. The molecular weight excluding hydrogens is 364 g/mol. The minimum atomic E-state index is 0.289. The Morgan fingerprint density at radius 1 is 1.24 bits per heavy atom. The zero-order chi connectivity index (χ0) is 19.7. The number of H-pyrrole nitrogens is 1. The third-order valence-corrected chi connectivity index (χ3v) is 6.17. The summed E-state index contributed by atoms with van der Waals surface area (Å²) < 4.78 is 5.35. The molecule has 0 atom stereocenters. The minimum absolute atomic E-state index is 0.289. The van der Waals surface area contributed by atoms with Crippen LogP contribution in [-0.4, -0.2) is 41.3 Å². The first-order valence-corrected chi connectivity index (χ1v) is 10.3. The van der Waals surface area contributed by atoms with E-state index in [0.29, 0.717) is 11.6 Å². The molecule has 3 aromatic rings. The van der Waals surface area contributed by atoms with Crippen molar-refractivity contribution in [1.29, 1.82) is 0 Å². The van der Waals surface area contributed by atoms with Gasteiger partial charge in [-0.15, -0.1) is 0 Å². The van der Waals surface area contributed by atoms with E-state index in [-0.39, 0.29) is 5.41 Å². The number of aromatic amines is 1. The first kappa shape index (κ1) is 18.0. The Balaban J connectivity index is 1.27. The first-order valence-electron chi connectivity index (χ1n) is 10.3. The number of hydrogen-bond donors (Lipinski definition) is 2. The van der Waals surface area contributed by atoms with Crippen LogP contribution in [0.3, 0.4) is 0 Å². The lowest BCUT2D eigenvalue weighted by atomic mass is 9.81. The van der Waals surface area contributed by atoms with E-state index in [1.807, 2.05) is 19.2 Å². The highest BCUT2D eigenvalue weighted by molar-refractivity contribution is 5.98. The monoisotopic (exact) mass is 390 g/mol. The lowest BCUT2D eigenvalue weighted by molar-refractivity contribution is 0.478. The third kappa shape index (κ3) is 3.20. The maximum absolute atomic E-state index is 5.35. The van der Waals surface area contributed by atoms with Crippen molar-refractivity contribution < 1.29 is 4.42 Å². The van der Waals surface area contributed by atoms with Crippen LogP contribution in [0.2, 0.25) is 0 Å². The first-order chi connectivity index (χ1) is 14.3. The number of nitrogens with zero attached hydrogens (tertiary/aromatic N) is 4. The molecular formula is C22H26N6O. The quantitative estimate of drug-likeness (QED) is 0.526. The van der Waals surface area contributed by atoms with E-state index < -0.39 is 0 Å². The van der Waals surface area contributed by atoms with Gasteiger partial charge in [0.15, 0.2) is 11.7 Å². The van der Waals surface area contributed by atoms with Gasteiger partial charge >= 0.3 is 0 Å². The average molecular weight is 390 g/mol. The molecule has 0 unspecified atom stereocenters. The summed E-state index contributed by atoms with van der Waals surface area (Å²) in [6, 6.07) is 12.5. The molecule has 0 amide bonds. The maximum Gasteiger partial charge on any atom is 0.216 e. The van der Waals surface area contributed by atoms with Crippen molar-refractivity contribution in [2.45, 2.75) is 37.5 Å². The number of aliphatic imine (C=N–C) groups is 1. The van der Waals surface area contributed by atoms with Gasteiger partial charge in [0.05, 0.1) is 6.26 Å². The van der Waals surface area contributed by atoms with Crippen LogP contribution in [0.15, 0.2) is 52.1 Å². The Hall–Kier alpha value is -3.09. The van der Waals surface area contributed by atoms with Crippen molar-refractivity contribution in [2.24, 2.45) is 4.99 Å². The van der Waals surface area contributed by atoms with Crippen LogP contribution in [0.25, 0.3) is 11.6 Å². The molecule has 1 aliphatic heterocycles. The van der Waals surface area contributed by atoms with E-state index in [2.05, 4.69) is 54.7 Å². The maximum atomic E-state index is 5.35. The summed E-state index contributed by atoms with van der Waals surface area (Å²) in [5, 5.41) is 10.7. The molecule has 29 heavy (non-hydrogen) atoms. The van der Waals surface area contributed by atoms with Crippen molar-refractivity contribution in [1.82, 2.24) is 20.5 Å². The molecule has 1 aliphatic carbocycles. The number of nitrogens with one attached hydrogen (secondary N) is 2. The second kappa shape index (κ2) is 7.39. The van der Waals surface area contributed by atoms with Gasteiger partial charge in [0.25, 0.3) is 0 Å². The Morgan fingerprint density at radius 2 is 2.10 bits per heavy atom. The van der Waals surface area contributed by atoms with Gasteiger partial charge in [-0.3, -0.25) is 10.1 Å². The fourth-order valence-corrected chi connectivity index (χ4v) is 4.81. The lowest BCUT2D eigenvalue weighted by Gasteiger charge is -2.26. The van der Waals surface area contributed by atoms with Gasteiger partial charge in [0, 0.05) is 37.7 Å². The number of furan rings is 1. The van der Waals surface area contributed by atoms with Crippen LogP contribution >= 0.6 is 0 Å². The van der Waals surface area contributed by atoms with Crippen molar-refractivity contribution in [3.05, 3.63) is 54.0 Å². The summed E-state index contributed by atoms with van der Waals surface area (Å²) >= 11 is 0. The standard InChI is InChI=1S/C22H26N6O/c1-23-21(24-13-10-19-25-20(27-26-19)18-9-6-14-29-18)28-15-22(11-4-5-12-22)16-7-2-3-8-17(16)28/h2-3,6-9,14H,4-5,10-13,15H2,1H3,(H,23,24)(H,25,26,27). The molecule has 0 bridgehead atoms. The molecule has 7 heteroatoms. The van der Waals surface area contributed by atoms with E-state index in [0.717, 1.165) is 31.3 Å². The second-order valence-corrected chi connectivity index (χ2v) is 7.90. The van der Waals surface area contributed by atoms with Crippen molar-refractivity contribution in [2.75, 3.05) is 25.0 Å². The molecule has 2 aromatic heterocycles. The zero-order valence-corrected chi connectivity index (χ0v) is 16.7. The van der Waals surface area contributed by atoms with Crippen molar-refractivity contribution >= 4 is 11.6 Å². The normalized spacial score (nSPS) is 17.8. The second-order valence-electron chi connectivity index (χ2n) is 7.90. The number of aromatic nitrogens is 3. The number of guanidine groups is 1. The molecule has 0 radical (unpaired) electrons. The van der Waals surface area contributed by atoms with E-state index in [1.54, 1.807) is 6.26 Å². The highest BCUT2D eigenvalue weighted by atomic mass is 16.3. The highest BCUT2D eigenvalue weighted by Crippen LogP contribution is 2.50. The summed E-state index contributed by atoms with van der Waals surface area (Å²) in [7, 11) is 1.86. The predicted molar refractivity (Wildman–Crippen MR) is 113 cm³/mol. The van der Waals surface area contributed by atoms with Crippen molar-refractivity contribution in [3.63, 3.8) is 0 Å². The number of anilines is 1. The van der Waals surface area contributed by atoms with Crippen LogP contribution in [0, 0.1) is 0 Å². The van der Waals surface area contributed by atoms with E-state index in [4.69, 9.17) is 4.42 Å². The summed E-state index contributed by atoms with van der Waals surface area (Å²) in [4.78, 5) is 11.4. The molecule has 5 rings (SSSR count). The van der Waals surface area contributed by atoms with Gasteiger partial charge in [-0.05, 0) is 36.6 Å². The topological polar surface area (TPSA) is 82.3 Å². The summed E-state index contributed by atoms with van der Waals surface area (Å²) in [5.41, 5.74) is 3.07. The zero-order valence-electron chi connectivity index (χ0n) is 16.7. The van der Waals surface area contributed by atoms with E-state index in [9.17, 15) is 0 Å². The number of para-hydroxylation sites is 1. The fourth-order valence-electron chi connectivity index (χ4n) is 4.81. The van der Waals surface area contributed by atoms with Gasteiger partial charge in [0.2, 0.25) is 5.82 Å². The smallest absolute Gasteiger partial charge is 0.216 e. The average Bonchev–Trinajstić information content (AvgIpc) is 3.54. The van der Waals surface area contributed by atoms with Crippen LogP contribution in [0.5, 0.6) is 0 Å². The molecule has 1 saturated carbocycles. The summed E-state index contributed by atoms with van der Waals surface area (Å²) in [6.07, 6.45) is 7.53. The van der Waals surface area contributed by atoms with E-state index in [1.165, 1.54) is 36.9 Å². The lowest BCUT2D eigenvalue weighted by Crippen LogP contribution is -2.44. The molecule has 150 valence electrons. The molecule has 2 aliphatic rings. The van der Waals surface area contributed by atoms with Crippen LogP contribution in [-0.2, 0) is 11.8 Å². The molecule has 0 saturated heterocycles. The number of benzene rings is 1.